The molecule has 1 N–H and O–H groups in total. The average molecular weight is 271 g/mol. The largest absolute Gasteiger partial charge is 0.316 e. The molecule has 0 bridgehead atoms. The smallest absolute Gasteiger partial charge is 0.00202 e. The van der Waals surface area contributed by atoms with Gasteiger partial charge in [0.15, 0.2) is 0 Å². The summed E-state index contributed by atoms with van der Waals surface area (Å²) in [6, 6.07) is 9.06. The molecule has 0 saturated heterocycles. The Labute approximate surface area is 124 Å². The Hall–Kier alpha value is -0.820. The fraction of sp³-hybridized carbons (Fsp3) is 0.684. The van der Waals surface area contributed by atoms with Crippen LogP contribution in [0.25, 0.3) is 0 Å². The molecule has 1 unspecified atom stereocenters. The van der Waals surface area contributed by atoms with Gasteiger partial charge in [-0.3, -0.25) is 0 Å². The van der Waals surface area contributed by atoms with Gasteiger partial charge >= 0.3 is 0 Å². The summed E-state index contributed by atoms with van der Waals surface area (Å²) >= 11 is 0. The Balaban J connectivity index is 1.38. The molecule has 2 aliphatic carbocycles. The maximum atomic E-state index is 3.72. The summed E-state index contributed by atoms with van der Waals surface area (Å²) in [5, 5.41) is 3.72. The summed E-state index contributed by atoms with van der Waals surface area (Å²) in [5.74, 6) is 1.80. The Bertz CT molecular complexity index is 406. The van der Waals surface area contributed by atoms with Crippen LogP contribution in [0.5, 0.6) is 0 Å². The summed E-state index contributed by atoms with van der Waals surface area (Å²) in [4.78, 5) is 0. The summed E-state index contributed by atoms with van der Waals surface area (Å²) in [7, 11) is 0. The van der Waals surface area contributed by atoms with Gasteiger partial charge in [0.2, 0.25) is 0 Å². The first-order valence-electron chi connectivity index (χ1n) is 8.72. The fourth-order valence-electron chi connectivity index (χ4n) is 4.16. The predicted molar refractivity (Wildman–Crippen MR) is 86.2 cm³/mol. The zero-order valence-corrected chi connectivity index (χ0v) is 12.7. The average Bonchev–Trinajstić information content (AvgIpc) is 3.00. The highest BCUT2D eigenvalue weighted by Gasteiger charge is 2.19. The van der Waals surface area contributed by atoms with Crippen LogP contribution in [-0.2, 0) is 6.42 Å². The molecule has 1 aromatic carbocycles. The molecule has 110 valence electrons. The van der Waals surface area contributed by atoms with Crippen LogP contribution < -0.4 is 5.32 Å². The number of benzene rings is 1. The minimum atomic E-state index is 0.756. The van der Waals surface area contributed by atoms with Crippen LogP contribution in [-0.4, -0.2) is 13.1 Å². The second kappa shape index (κ2) is 7.26. The first kappa shape index (κ1) is 14.1. The van der Waals surface area contributed by atoms with E-state index in [0.29, 0.717) is 0 Å². The molecule has 1 aromatic rings. The van der Waals surface area contributed by atoms with Crippen LogP contribution in [0.15, 0.2) is 24.3 Å². The third kappa shape index (κ3) is 3.63. The van der Waals surface area contributed by atoms with Gasteiger partial charge in [0.05, 0.1) is 0 Å². The standard InChI is InChI=1S/C19H29N/c1-2-8-16(7-1)9-6-14-20-15-18-12-5-11-17-10-3-4-13-19(17)18/h3-4,10,13,16,18,20H,1-2,5-9,11-12,14-15H2. The van der Waals surface area contributed by atoms with E-state index in [2.05, 4.69) is 29.6 Å². The van der Waals surface area contributed by atoms with Crippen molar-refractivity contribution in [3.63, 3.8) is 0 Å². The quantitative estimate of drug-likeness (QED) is 0.742. The molecular formula is C19H29N. The van der Waals surface area contributed by atoms with Gasteiger partial charge in [0.1, 0.15) is 0 Å². The van der Waals surface area contributed by atoms with E-state index < -0.39 is 0 Å². The van der Waals surface area contributed by atoms with Gasteiger partial charge in [-0.2, -0.15) is 0 Å². The van der Waals surface area contributed by atoms with Crippen molar-refractivity contribution in [3.05, 3.63) is 35.4 Å². The summed E-state index contributed by atoms with van der Waals surface area (Å²) < 4.78 is 0. The minimum Gasteiger partial charge on any atom is -0.316 e. The van der Waals surface area contributed by atoms with Crippen LogP contribution >= 0.6 is 0 Å². The Morgan fingerprint density at radius 3 is 2.75 bits per heavy atom. The monoisotopic (exact) mass is 271 g/mol. The SMILES string of the molecule is c1ccc2c(c1)CCCC2CNCCCC1CCCC1. The van der Waals surface area contributed by atoms with E-state index in [1.807, 2.05) is 0 Å². The van der Waals surface area contributed by atoms with Crippen molar-refractivity contribution < 1.29 is 0 Å². The lowest BCUT2D eigenvalue weighted by molar-refractivity contribution is 0.454. The summed E-state index contributed by atoms with van der Waals surface area (Å²) in [6.45, 7) is 2.40. The molecule has 1 atom stereocenters. The van der Waals surface area contributed by atoms with Crippen LogP contribution in [0, 0.1) is 5.92 Å². The molecule has 0 radical (unpaired) electrons. The topological polar surface area (TPSA) is 12.0 Å². The third-order valence-corrected chi connectivity index (χ3v) is 5.33. The van der Waals surface area contributed by atoms with Gasteiger partial charge in [-0.05, 0) is 61.6 Å². The van der Waals surface area contributed by atoms with E-state index in [1.54, 1.807) is 11.1 Å². The third-order valence-electron chi connectivity index (χ3n) is 5.33. The number of rotatable bonds is 6. The van der Waals surface area contributed by atoms with Crippen molar-refractivity contribution in [3.8, 4) is 0 Å². The molecule has 1 fully saturated rings. The zero-order chi connectivity index (χ0) is 13.6. The van der Waals surface area contributed by atoms with E-state index >= 15 is 0 Å². The summed E-state index contributed by atoms with van der Waals surface area (Å²) in [5.41, 5.74) is 3.21. The molecule has 1 saturated carbocycles. The van der Waals surface area contributed by atoms with Gasteiger partial charge in [-0.15, -0.1) is 0 Å². The molecule has 0 heterocycles. The second-order valence-electron chi connectivity index (χ2n) is 6.78. The van der Waals surface area contributed by atoms with Crippen molar-refractivity contribution in [2.45, 2.75) is 63.7 Å². The normalized spacial score (nSPS) is 22.9. The Morgan fingerprint density at radius 1 is 1.00 bits per heavy atom. The molecule has 3 rings (SSSR count). The van der Waals surface area contributed by atoms with Gasteiger partial charge in [-0.25, -0.2) is 0 Å². The highest BCUT2D eigenvalue weighted by Crippen LogP contribution is 2.31. The molecule has 1 nitrogen and oxygen atoms in total. The van der Waals surface area contributed by atoms with Gasteiger partial charge < -0.3 is 5.32 Å². The van der Waals surface area contributed by atoms with E-state index in [-0.39, 0.29) is 0 Å². The lowest BCUT2D eigenvalue weighted by Gasteiger charge is -2.25. The van der Waals surface area contributed by atoms with E-state index in [0.717, 1.165) is 11.8 Å². The lowest BCUT2D eigenvalue weighted by Crippen LogP contribution is -2.25. The van der Waals surface area contributed by atoms with Crippen LogP contribution in [0.4, 0.5) is 0 Å². The van der Waals surface area contributed by atoms with E-state index in [4.69, 9.17) is 0 Å². The number of fused-ring (bicyclic) bond motifs is 1. The van der Waals surface area contributed by atoms with Gasteiger partial charge in [0.25, 0.3) is 0 Å². The Morgan fingerprint density at radius 2 is 1.85 bits per heavy atom. The molecule has 0 amide bonds. The maximum absolute atomic E-state index is 3.72. The van der Waals surface area contributed by atoms with Crippen molar-refractivity contribution in [1.82, 2.24) is 5.32 Å². The molecule has 0 aliphatic heterocycles. The first-order valence-corrected chi connectivity index (χ1v) is 8.72. The highest BCUT2D eigenvalue weighted by molar-refractivity contribution is 5.32. The summed E-state index contributed by atoms with van der Waals surface area (Å²) in [6.07, 6.45) is 12.8. The lowest BCUT2D eigenvalue weighted by atomic mass is 9.83. The number of hydrogen-bond donors (Lipinski definition) is 1. The van der Waals surface area contributed by atoms with Crippen LogP contribution in [0.1, 0.15) is 68.4 Å². The fourth-order valence-corrected chi connectivity index (χ4v) is 4.16. The molecule has 0 spiro atoms. The van der Waals surface area contributed by atoms with Crippen LogP contribution in [0.3, 0.4) is 0 Å². The Kier molecular flexibility index (Phi) is 5.13. The van der Waals surface area contributed by atoms with Crippen molar-refractivity contribution in [2.75, 3.05) is 13.1 Å². The zero-order valence-electron chi connectivity index (χ0n) is 12.7. The van der Waals surface area contributed by atoms with Crippen molar-refractivity contribution >= 4 is 0 Å². The molecule has 0 aromatic heterocycles. The first-order chi connectivity index (χ1) is 9.93. The molecule has 1 heteroatoms. The molecule has 20 heavy (non-hydrogen) atoms. The molecular weight excluding hydrogens is 242 g/mol. The van der Waals surface area contributed by atoms with Crippen molar-refractivity contribution in [1.29, 1.82) is 0 Å². The number of nitrogens with one attached hydrogen (secondary N) is 1. The van der Waals surface area contributed by atoms with E-state index in [9.17, 15) is 0 Å². The maximum Gasteiger partial charge on any atom is 0.00202 e. The van der Waals surface area contributed by atoms with Crippen LogP contribution in [0.2, 0.25) is 0 Å². The van der Waals surface area contributed by atoms with Gasteiger partial charge in [0, 0.05) is 6.54 Å². The van der Waals surface area contributed by atoms with Crippen molar-refractivity contribution in [2.24, 2.45) is 5.92 Å². The highest BCUT2D eigenvalue weighted by atomic mass is 14.9. The molecule has 2 aliphatic rings. The van der Waals surface area contributed by atoms with Gasteiger partial charge in [-0.1, -0.05) is 49.9 Å². The van der Waals surface area contributed by atoms with E-state index in [1.165, 1.54) is 70.9 Å². The number of hydrogen-bond acceptors (Lipinski definition) is 1. The predicted octanol–water partition coefficient (Wildman–Crippen LogP) is 4.67. The number of aryl methyl sites for hydroxylation is 1. The minimum absolute atomic E-state index is 0.756. The second-order valence-corrected chi connectivity index (χ2v) is 6.78.